The fourth-order valence-corrected chi connectivity index (χ4v) is 2.87. The van der Waals surface area contributed by atoms with Crippen molar-refractivity contribution >= 4 is 11.5 Å². The summed E-state index contributed by atoms with van der Waals surface area (Å²) in [6.45, 7) is 2.31. The number of aryl methyl sites for hydroxylation is 1. The molecule has 110 valence electrons. The van der Waals surface area contributed by atoms with Crippen molar-refractivity contribution in [3.05, 3.63) is 27.9 Å². The molecule has 1 aliphatic carbocycles. The van der Waals surface area contributed by atoms with Crippen LogP contribution in [0.3, 0.4) is 0 Å². The molecule has 0 unspecified atom stereocenters. The Morgan fingerprint density at radius 3 is 2.70 bits per heavy atom. The Morgan fingerprint density at radius 2 is 2.15 bits per heavy atom. The van der Waals surface area contributed by atoms with Crippen LogP contribution in [0.25, 0.3) is 0 Å². The van der Waals surface area contributed by atoms with Crippen molar-refractivity contribution in [2.45, 2.75) is 45.1 Å². The van der Waals surface area contributed by atoms with Crippen LogP contribution in [0.1, 0.15) is 37.7 Å². The number of aliphatic hydroxyl groups is 1. The van der Waals surface area contributed by atoms with Gasteiger partial charge in [0.2, 0.25) is 0 Å². The Hall–Kier alpha value is -1.69. The van der Waals surface area contributed by atoms with Crippen LogP contribution in [0.2, 0.25) is 0 Å². The zero-order valence-corrected chi connectivity index (χ0v) is 11.8. The molecule has 0 saturated heterocycles. The van der Waals surface area contributed by atoms with Gasteiger partial charge >= 0.3 is 0 Å². The first-order valence-electron chi connectivity index (χ1n) is 7.12. The van der Waals surface area contributed by atoms with Crippen molar-refractivity contribution < 1.29 is 10.0 Å². The summed E-state index contributed by atoms with van der Waals surface area (Å²) >= 11 is 0. The molecule has 0 aliphatic heterocycles. The molecule has 0 atom stereocenters. The lowest BCUT2D eigenvalue weighted by Crippen LogP contribution is -2.39. The first-order valence-corrected chi connectivity index (χ1v) is 7.12. The van der Waals surface area contributed by atoms with Crippen LogP contribution in [-0.4, -0.2) is 34.2 Å². The number of nitro groups is 1. The molecular weight excluding hydrogens is 258 g/mol. The van der Waals surface area contributed by atoms with Crippen LogP contribution in [0.15, 0.2) is 12.3 Å². The Balaban J connectivity index is 2.24. The average molecular weight is 279 g/mol. The standard InChI is InChI=1S/C14H21N3O3/c1-11-9-14(15-10-13(11)17(19)20)16(7-8-18)12-5-3-2-4-6-12/h9-10,12,18H,2-8H2,1H3. The number of nitrogens with zero attached hydrogens (tertiary/aromatic N) is 3. The van der Waals surface area contributed by atoms with E-state index >= 15 is 0 Å². The van der Waals surface area contributed by atoms with Gasteiger partial charge < -0.3 is 10.0 Å². The van der Waals surface area contributed by atoms with Gasteiger partial charge in [0, 0.05) is 18.2 Å². The summed E-state index contributed by atoms with van der Waals surface area (Å²) < 4.78 is 0. The molecule has 0 amide bonds. The summed E-state index contributed by atoms with van der Waals surface area (Å²) in [5.74, 6) is 0.731. The molecular formula is C14H21N3O3. The highest BCUT2D eigenvalue weighted by Gasteiger charge is 2.23. The largest absolute Gasteiger partial charge is 0.395 e. The summed E-state index contributed by atoms with van der Waals surface area (Å²) in [6.07, 6.45) is 7.15. The van der Waals surface area contributed by atoms with E-state index < -0.39 is 4.92 Å². The van der Waals surface area contributed by atoms with Gasteiger partial charge in [-0.05, 0) is 25.8 Å². The van der Waals surface area contributed by atoms with Gasteiger partial charge in [0.25, 0.3) is 5.69 Å². The van der Waals surface area contributed by atoms with Crippen LogP contribution in [0.4, 0.5) is 11.5 Å². The van der Waals surface area contributed by atoms with Crippen LogP contribution < -0.4 is 4.90 Å². The second-order valence-corrected chi connectivity index (χ2v) is 5.29. The fourth-order valence-electron chi connectivity index (χ4n) is 2.87. The Bertz CT molecular complexity index is 473. The summed E-state index contributed by atoms with van der Waals surface area (Å²) in [7, 11) is 0. The molecule has 1 aromatic rings. The number of pyridine rings is 1. The third kappa shape index (κ3) is 3.25. The molecule has 1 heterocycles. The first-order chi connectivity index (χ1) is 9.63. The number of aliphatic hydroxyl groups excluding tert-OH is 1. The maximum Gasteiger partial charge on any atom is 0.290 e. The zero-order valence-electron chi connectivity index (χ0n) is 11.8. The van der Waals surface area contributed by atoms with Crippen LogP contribution in [0.5, 0.6) is 0 Å². The number of hydrogen-bond acceptors (Lipinski definition) is 5. The molecule has 1 saturated carbocycles. The lowest BCUT2D eigenvalue weighted by molar-refractivity contribution is -0.385. The average Bonchev–Trinajstić information content (AvgIpc) is 2.45. The van der Waals surface area contributed by atoms with Gasteiger partial charge in [-0.1, -0.05) is 19.3 Å². The summed E-state index contributed by atoms with van der Waals surface area (Å²) in [5, 5.41) is 20.1. The lowest BCUT2D eigenvalue weighted by Gasteiger charge is -2.35. The number of rotatable bonds is 5. The van der Waals surface area contributed by atoms with Crippen LogP contribution >= 0.6 is 0 Å². The van der Waals surface area contributed by atoms with Crippen LogP contribution in [-0.2, 0) is 0 Å². The second-order valence-electron chi connectivity index (χ2n) is 5.29. The lowest BCUT2D eigenvalue weighted by atomic mass is 9.94. The van der Waals surface area contributed by atoms with Gasteiger partial charge in [0.05, 0.1) is 11.5 Å². The van der Waals surface area contributed by atoms with Crippen molar-refractivity contribution in [1.29, 1.82) is 0 Å². The van der Waals surface area contributed by atoms with E-state index in [1.807, 2.05) is 0 Å². The number of hydrogen-bond donors (Lipinski definition) is 1. The minimum atomic E-state index is -0.414. The molecule has 1 aliphatic rings. The van der Waals surface area contributed by atoms with Crippen LogP contribution in [0, 0.1) is 17.0 Å². The Kier molecular flexibility index (Phi) is 4.89. The molecule has 20 heavy (non-hydrogen) atoms. The molecule has 0 bridgehead atoms. The van der Waals surface area contributed by atoms with E-state index in [1.165, 1.54) is 25.5 Å². The molecule has 1 aromatic heterocycles. The molecule has 1 fully saturated rings. The highest BCUT2D eigenvalue weighted by molar-refractivity contribution is 5.49. The molecule has 0 aromatic carbocycles. The molecule has 0 spiro atoms. The molecule has 2 rings (SSSR count). The number of aromatic nitrogens is 1. The summed E-state index contributed by atoms with van der Waals surface area (Å²) in [5.41, 5.74) is 0.653. The van der Waals surface area contributed by atoms with E-state index in [4.69, 9.17) is 0 Å². The van der Waals surface area contributed by atoms with Gasteiger partial charge in [-0.15, -0.1) is 0 Å². The highest BCUT2D eigenvalue weighted by atomic mass is 16.6. The monoisotopic (exact) mass is 279 g/mol. The minimum absolute atomic E-state index is 0.0429. The smallest absolute Gasteiger partial charge is 0.290 e. The Labute approximate surface area is 118 Å². The molecule has 6 heteroatoms. The molecule has 6 nitrogen and oxygen atoms in total. The van der Waals surface area contributed by atoms with E-state index in [0.717, 1.165) is 18.7 Å². The predicted molar refractivity (Wildman–Crippen MR) is 76.9 cm³/mol. The maximum absolute atomic E-state index is 10.8. The third-order valence-corrected chi connectivity index (χ3v) is 3.92. The second kappa shape index (κ2) is 6.65. The van der Waals surface area contributed by atoms with Gasteiger partial charge in [0.1, 0.15) is 12.0 Å². The van der Waals surface area contributed by atoms with Gasteiger partial charge in [-0.3, -0.25) is 10.1 Å². The maximum atomic E-state index is 10.8. The van der Waals surface area contributed by atoms with Crippen molar-refractivity contribution in [2.24, 2.45) is 0 Å². The predicted octanol–water partition coefficient (Wildman–Crippen LogP) is 2.43. The first kappa shape index (κ1) is 14.7. The van der Waals surface area contributed by atoms with Crippen molar-refractivity contribution in [2.75, 3.05) is 18.1 Å². The van der Waals surface area contributed by atoms with E-state index in [1.54, 1.807) is 13.0 Å². The summed E-state index contributed by atoms with van der Waals surface area (Å²) in [4.78, 5) is 16.7. The van der Waals surface area contributed by atoms with E-state index in [2.05, 4.69) is 9.88 Å². The fraction of sp³-hybridized carbons (Fsp3) is 0.643. The normalized spacial score (nSPS) is 16.1. The Morgan fingerprint density at radius 1 is 1.45 bits per heavy atom. The number of anilines is 1. The quantitative estimate of drug-likeness (QED) is 0.661. The van der Waals surface area contributed by atoms with Gasteiger partial charge in [-0.2, -0.15) is 0 Å². The topological polar surface area (TPSA) is 79.5 Å². The van der Waals surface area contributed by atoms with E-state index in [-0.39, 0.29) is 12.3 Å². The van der Waals surface area contributed by atoms with Crippen molar-refractivity contribution in [3.63, 3.8) is 0 Å². The molecule has 1 N–H and O–H groups in total. The van der Waals surface area contributed by atoms with Gasteiger partial charge in [-0.25, -0.2) is 4.98 Å². The van der Waals surface area contributed by atoms with Crippen molar-refractivity contribution in [1.82, 2.24) is 4.98 Å². The van der Waals surface area contributed by atoms with Crippen molar-refractivity contribution in [3.8, 4) is 0 Å². The van der Waals surface area contributed by atoms with E-state index in [0.29, 0.717) is 18.2 Å². The third-order valence-electron chi connectivity index (χ3n) is 3.92. The zero-order chi connectivity index (χ0) is 14.5. The molecule has 0 radical (unpaired) electrons. The summed E-state index contributed by atoms with van der Waals surface area (Å²) in [6, 6.07) is 2.13. The highest BCUT2D eigenvalue weighted by Crippen LogP contribution is 2.28. The van der Waals surface area contributed by atoms with E-state index in [9.17, 15) is 15.2 Å². The minimum Gasteiger partial charge on any atom is -0.395 e. The van der Waals surface area contributed by atoms with Gasteiger partial charge in [0.15, 0.2) is 0 Å². The SMILES string of the molecule is Cc1cc(N(CCO)C2CCCCC2)ncc1[N+](=O)[O-].